The van der Waals surface area contributed by atoms with Crippen LogP contribution in [0.15, 0.2) is 29.2 Å². The molecule has 1 aliphatic rings. The molecule has 0 N–H and O–H groups in total. The van der Waals surface area contributed by atoms with Gasteiger partial charge in [0.1, 0.15) is 0 Å². The molecule has 1 fully saturated rings. The Labute approximate surface area is 126 Å². The maximum Gasteiger partial charge on any atom is 0.243 e. The minimum atomic E-state index is -3.50. The van der Waals surface area contributed by atoms with E-state index in [9.17, 15) is 8.42 Å². The molecule has 1 aliphatic heterocycles. The van der Waals surface area contributed by atoms with Crippen molar-refractivity contribution in [3.63, 3.8) is 0 Å². The van der Waals surface area contributed by atoms with Gasteiger partial charge in [-0.2, -0.15) is 4.31 Å². The molecule has 1 aromatic carbocycles. The van der Waals surface area contributed by atoms with Crippen LogP contribution in [0.25, 0.3) is 0 Å². The summed E-state index contributed by atoms with van der Waals surface area (Å²) in [5.74, 6) is 0. The second-order valence-electron chi connectivity index (χ2n) is 6.07. The van der Waals surface area contributed by atoms with Gasteiger partial charge in [-0.15, -0.1) is 0 Å². The van der Waals surface area contributed by atoms with Gasteiger partial charge in [-0.1, -0.05) is 17.7 Å². The molecule has 0 saturated carbocycles. The van der Waals surface area contributed by atoms with Crippen molar-refractivity contribution >= 4 is 10.0 Å². The molecule has 5 nitrogen and oxygen atoms in total. The first-order valence-corrected chi connectivity index (χ1v) is 8.42. The highest BCUT2D eigenvalue weighted by Gasteiger charge is 2.39. The van der Waals surface area contributed by atoms with Crippen molar-refractivity contribution in [2.45, 2.75) is 37.4 Å². The summed E-state index contributed by atoms with van der Waals surface area (Å²) in [6, 6.07) is 6.92. The third-order valence-electron chi connectivity index (χ3n) is 3.46. The molecular weight excluding hydrogens is 290 g/mol. The Kier molecular flexibility index (Phi) is 4.72. The summed E-state index contributed by atoms with van der Waals surface area (Å²) in [5.41, 5.74) is 0.507. The summed E-state index contributed by atoms with van der Waals surface area (Å²) >= 11 is 0. The van der Waals surface area contributed by atoms with Crippen LogP contribution in [0.1, 0.15) is 19.4 Å². The first kappa shape index (κ1) is 16.4. The third-order valence-corrected chi connectivity index (χ3v) is 5.29. The molecule has 1 heterocycles. The molecule has 0 aromatic heterocycles. The van der Waals surface area contributed by atoms with Gasteiger partial charge < -0.3 is 9.47 Å². The van der Waals surface area contributed by atoms with Crippen molar-refractivity contribution in [1.82, 2.24) is 4.31 Å². The molecule has 0 bridgehead atoms. The average molecular weight is 313 g/mol. The van der Waals surface area contributed by atoms with Crippen LogP contribution in [0.2, 0.25) is 0 Å². The van der Waals surface area contributed by atoms with E-state index < -0.39 is 15.6 Å². The fraction of sp³-hybridized carbons (Fsp3) is 0.600. The quantitative estimate of drug-likeness (QED) is 0.851. The van der Waals surface area contributed by atoms with E-state index >= 15 is 0 Å². The minimum Gasteiger partial charge on any atom is -0.382 e. The fourth-order valence-corrected chi connectivity index (χ4v) is 4.18. The van der Waals surface area contributed by atoms with Crippen molar-refractivity contribution in [1.29, 1.82) is 0 Å². The largest absolute Gasteiger partial charge is 0.382 e. The van der Waals surface area contributed by atoms with E-state index in [4.69, 9.17) is 9.47 Å². The summed E-state index contributed by atoms with van der Waals surface area (Å²) in [7, 11) is -1.92. The molecule has 6 heteroatoms. The first-order chi connectivity index (χ1) is 9.74. The third kappa shape index (κ3) is 3.83. The van der Waals surface area contributed by atoms with Gasteiger partial charge in [0.05, 0.1) is 23.2 Å². The number of morpholine rings is 1. The van der Waals surface area contributed by atoms with Gasteiger partial charge in [-0.05, 0) is 32.9 Å². The lowest BCUT2D eigenvalue weighted by molar-refractivity contribution is -0.135. The zero-order chi connectivity index (χ0) is 15.7. The Balaban J connectivity index is 2.28. The van der Waals surface area contributed by atoms with Crippen LogP contribution in [0.5, 0.6) is 0 Å². The van der Waals surface area contributed by atoms with Crippen molar-refractivity contribution in [3.8, 4) is 0 Å². The first-order valence-electron chi connectivity index (χ1n) is 6.98. The Morgan fingerprint density at radius 3 is 2.52 bits per heavy atom. The number of methoxy groups -OCH3 is 1. The van der Waals surface area contributed by atoms with Crippen molar-refractivity contribution in [2.75, 3.05) is 26.8 Å². The van der Waals surface area contributed by atoms with Crippen molar-refractivity contribution in [2.24, 2.45) is 0 Å². The van der Waals surface area contributed by atoms with Gasteiger partial charge in [0.15, 0.2) is 0 Å². The predicted octanol–water partition coefficient (Wildman–Crippen LogP) is 1.81. The van der Waals surface area contributed by atoms with Crippen molar-refractivity contribution in [3.05, 3.63) is 29.8 Å². The highest BCUT2D eigenvalue weighted by Crippen LogP contribution is 2.26. The molecule has 2 rings (SSSR count). The maximum atomic E-state index is 12.8. The van der Waals surface area contributed by atoms with Gasteiger partial charge in [0.2, 0.25) is 10.0 Å². The highest BCUT2D eigenvalue weighted by molar-refractivity contribution is 7.89. The van der Waals surface area contributed by atoms with E-state index in [1.165, 1.54) is 4.31 Å². The smallest absolute Gasteiger partial charge is 0.243 e. The van der Waals surface area contributed by atoms with E-state index in [1.54, 1.807) is 19.2 Å². The molecule has 0 spiro atoms. The van der Waals surface area contributed by atoms with Crippen LogP contribution in [0, 0.1) is 6.92 Å². The molecule has 1 saturated heterocycles. The average Bonchev–Trinajstić information content (AvgIpc) is 2.37. The molecule has 0 amide bonds. The summed E-state index contributed by atoms with van der Waals surface area (Å²) in [5, 5.41) is 0. The zero-order valence-corrected chi connectivity index (χ0v) is 13.8. The molecule has 0 aliphatic carbocycles. The van der Waals surface area contributed by atoms with Crippen LogP contribution in [-0.4, -0.2) is 51.2 Å². The standard InChI is InChI=1S/C15H23NO4S/c1-12-5-7-14(8-6-12)21(17,18)16-9-13(10-19-4)20-15(2,3)11-16/h5-8,13H,9-11H2,1-4H3/t13-/m1/s1. The van der Waals surface area contributed by atoms with Crippen LogP contribution in [0.4, 0.5) is 0 Å². The number of hydrogen-bond donors (Lipinski definition) is 0. The van der Waals surface area contributed by atoms with Crippen LogP contribution >= 0.6 is 0 Å². The van der Waals surface area contributed by atoms with Gasteiger partial charge in [0.25, 0.3) is 0 Å². The lowest BCUT2D eigenvalue weighted by atomic mass is 10.1. The second-order valence-corrected chi connectivity index (χ2v) is 8.00. The van der Waals surface area contributed by atoms with Crippen LogP contribution in [-0.2, 0) is 19.5 Å². The minimum absolute atomic E-state index is 0.251. The van der Waals surface area contributed by atoms with Crippen molar-refractivity contribution < 1.29 is 17.9 Å². The number of rotatable bonds is 4. The van der Waals surface area contributed by atoms with E-state index in [0.717, 1.165) is 5.56 Å². The Morgan fingerprint density at radius 1 is 1.33 bits per heavy atom. The number of benzene rings is 1. The summed E-state index contributed by atoms with van der Waals surface area (Å²) in [6.45, 7) is 6.75. The highest BCUT2D eigenvalue weighted by atomic mass is 32.2. The summed E-state index contributed by atoms with van der Waals surface area (Å²) < 4.78 is 38.0. The number of hydrogen-bond acceptors (Lipinski definition) is 4. The molecule has 0 unspecified atom stereocenters. The van der Waals surface area contributed by atoms with Gasteiger partial charge in [-0.25, -0.2) is 8.42 Å². The van der Waals surface area contributed by atoms with E-state index in [1.807, 2.05) is 32.9 Å². The van der Waals surface area contributed by atoms with E-state index in [-0.39, 0.29) is 6.10 Å². The maximum absolute atomic E-state index is 12.8. The SMILES string of the molecule is COC[C@H]1CN(S(=O)(=O)c2ccc(C)cc2)CC(C)(C)O1. The molecule has 118 valence electrons. The Bertz CT molecular complexity index is 580. The topological polar surface area (TPSA) is 55.8 Å². The van der Waals surface area contributed by atoms with Gasteiger partial charge >= 0.3 is 0 Å². The van der Waals surface area contributed by atoms with Gasteiger partial charge in [-0.3, -0.25) is 0 Å². The van der Waals surface area contributed by atoms with Gasteiger partial charge in [0, 0.05) is 20.2 Å². The normalized spacial score (nSPS) is 23.1. The molecule has 0 radical (unpaired) electrons. The number of ether oxygens (including phenoxy) is 2. The van der Waals surface area contributed by atoms with E-state index in [0.29, 0.717) is 24.6 Å². The Hall–Kier alpha value is -0.950. The lowest BCUT2D eigenvalue weighted by Crippen LogP contribution is -2.55. The number of aryl methyl sites for hydroxylation is 1. The van der Waals surface area contributed by atoms with Crippen LogP contribution < -0.4 is 0 Å². The second kappa shape index (κ2) is 6.04. The molecular formula is C15H23NO4S. The Morgan fingerprint density at radius 2 is 1.95 bits per heavy atom. The number of nitrogens with zero attached hydrogens (tertiary/aromatic N) is 1. The fourth-order valence-electron chi connectivity index (χ4n) is 2.56. The summed E-state index contributed by atoms with van der Waals surface area (Å²) in [6.07, 6.45) is -0.251. The zero-order valence-electron chi connectivity index (χ0n) is 13.0. The molecule has 21 heavy (non-hydrogen) atoms. The van der Waals surface area contributed by atoms with Crippen LogP contribution in [0.3, 0.4) is 0 Å². The predicted molar refractivity (Wildman–Crippen MR) is 80.8 cm³/mol. The molecule has 1 aromatic rings. The number of sulfonamides is 1. The monoisotopic (exact) mass is 313 g/mol. The summed E-state index contributed by atoms with van der Waals surface area (Å²) in [4.78, 5) is 0.321. The lowest BCUT2D eigenvalue weighted by Gasteiger charge is -2.41. The van der Waals surface area contributed by atoms with E-state index in [2.05, 4.69) is 0 Å². The molecule has 1 atom stereocenters.